The molecule has 3 aromatic carbocycles. The van der Waals surface area contributed by atoms with Crippen LogP contribution in [0.1, 0.15) is 22.3 Å². The molecule has 0 fully saturated rings. The lowest BCUT2D eigenvalue weighted by molar-refractivity contribution is -0.544. The van der Waals surface area contributed by atoms with Gasteiger partial charge in [-0.25, -0.2) is 17.7 Å². The van der Waals surface area contributed by atoms with E-state index in [2.05, 4.69) is 0 Å². The zero-order chi connectivity index (χ0) is 21.3. The van der Waals surface area contributed by atoms with Gasteiger partial charge in [0.25, 0.3) is 0 Å². The van der Waals surface area contributed by atoms with Gasteiger partial charge in [-0.2, -0.15) is 0 Å². The topological polar surface area (TPSA) is 21.5 Å². The molecule has 0 aromatic heterocycles. The number of benzene rings is 3. The highest BCUT2D eigenvalue weighted by molar-refractivity contribution is 6.11. The number of rotatable bonds is 5. The highest BCUT2D eigenvalue weighted by Gasteiger charge is 2.31. The molecule has 1 aliphatic heterocycles. The summed E-state index contributed by atoms with van der Waals surface area (Å²) in [7, 11) is 3.12. The summed E-state index contributed by atoms with van der Waals surface area (Å²) < 4.78 is 54.8. The van der Waals surface area contributed by atoms with E-state index in [9.17, 15) is 13.2 Å². The third kappa shape index (κ3) is 3.65. The highest BCUT2D eigenvalue weighted by Crippen LogP contribution is 2.34. The average molecular weight is 412 g/mol. The molecule has 154 valence electrons. The van der Waals surface area contributed by atoms with E-state index in [1.807, 2.05) is 16.7 Å². The van der Waals surface area contributed by atoms with E-state index in [0.29, 0.717) is 47.8 Å². The van der Waals surface area contributed by atoms with Crippen molar-refractivity contribution in [1.29, 1.82) is 0 Å². The van der Waals surface area contributed by atoms with Crippen LogP contribution in [0, 0.1) is 17.5 Å². The fraction of sp³-hybridized carbons (Fsp3) is 0.208. The Kier molecular flexibility index (Phi) is 5.48. The zero-order valence-electron chi connectivity index (χ0n) is 16.7. The number of fused-ring (bicyclic) bond motifs is 1. The zero-order valence-corrected chi connectivity index (χ0v) is 16.7. The number of hydrogen-bond acceptors (Lipinski definition) is 2. The van der Waals surface area contributed by atoms with Crippen molar-refractivity contribution in [1.82, 2.24) is 0 Å². The van der Waals surface area contributed by atoms with Crippen molar-refractivity contribution in [2.75, 3.05) is 20.8 Å². The molecule has 3 aromatic rings. The Morgan fingerprint density at radius 2 is 1.53 bits per heavy atom. The molecule has 0 bridgehead atoms. The van der Waals surface area contributed by atoms with E-state index in [4.69, 9.17) is 9.47 Å². The van der Waals surface area contributed by atoms with Crippen molar-refractivity contribution in [3.8, 4) is 11.5 Å². The van der Waals surface area contributed by atoms with E-state index in [-0.39, 0.29) is 5.82 Å². The second-order valence-electron chi connectivity index (χ2n) is 7.11. The van der Waals surface area contributed by atoms with Crippen LogP contribution in [0.4, 0.5) is 13.2 Å². The van der Waals surface area contributed by atoms with Crippen LogP contribution in [-0.4, -0.2) is 31.1 Å². The number of ether oxygens (including phenoxy) is 2. The Hall–Kier alpha value is -3.28. The van der Waals surface area contributed by atoms with Crippen LogP contribution < -0.4 is 9.47 Å². The summed E-state index contributed by atoms with van der Waals surface area (Å²) in [6, 6.07) is 14.1. The van der Waals surface area contributed by atoms with Crippen molar-refractivity contribution < 1.29 is 27.2 Å². The van der Waals surface area contributed by atoms with E-state index in [1.54, 1.807) is 38.5 Å². The summed E-state index contributed by atoms with van der Waals surface area (Å²) in [6.07, 6.45) is 0.692. The van der Waals surface area contributed by atoms with Gasteiger partial charge in [-0.3, -0.25) is 0 Å². The summed E-state index contributed by atoms with van der Waals surface area (Å²) >= 11 is 0. The standard InChI is InChI=1S/C24H21F3NO2/c1-29-22-12-16-9-10-28(14-15-7-8-20(26)21(27)11-15)24(18(16)13-23(22)30-2)17-5-3-4-6-19(17)25/h3-8,11-13H,9-10,14H2,1-2H3/q+1. The first-order valence-corrected chi connectivity index (χ1v) is 9.57. The molecule has 30 heavy (non-hydrogen) atoms. The number of hydrogen-bond donors (Lipinski definition) is 0. The van der Waals surface area contributed by atoms with Crippen molar-refractivity contribution in [3.63, 3.8) is 0 Å². The quantitative estimate of drug-likeness (QED) is 0.565. The second kappa shape index (κ2) is 8.22. The van der Waals surface area contributed by atoms with Crippen LogP contribution in [0.25, 0.3) is 0 Å². The third-order valence-corrected chi connectivity index (χ3v) is 5.32. The predicted octanol–water partition coefficient (Wildman–Crippen LogP) is 4.73. The van der Waals surface area contributed by atoms with Gasteiger partial charge >= 0.3 is 0 Å². The van der Waals surface area contributed by atoms with Gasteiger partial charge in [0.15, 0.2) is 29.7 Å². The normalized spacial score (nSPS) is 13.2. The molecule has 0 radical (unpaired) electrons. The monoisotopic (exact) mass is 412 g/mol. The van der Waals surface area contributed by atoms with Gasteiger partial charge in [0.1, 0.15) is 12.4 Å². The fourth-order valence-corrected chi connectivity index (χ4v) is 3.87. The summed E-state index contributed by atoms with van der Waals surface area (Å²) in [5.41, 5.74) is 3.55. The molecule has 0 aliphatic carbocycles. The Morgan fingerprint density at radius 3 is 2.23 bits per heavy atom. The van der Waals surface area contributed by atoms with Gasteiger partial charge in [-0.15, -0.1) is 0 Å². The molecule has 4 rings (SSSR count). The van der Waals surface area contributed by atoms with Gasteiger partial charge in [0, 0.05) is 12.0 Å². The molecule has 0 amide bonds. The van der Waals surface area contributed by atoms with Gasteiger partial charge in [0.05, 0.1) is 25.3 Å². The molecule has 0 N–H and O–H groups in total. The maximum Gasteiger partial charge on any atom is 0.218 e. The van der Waals surface area contributed by atoms with Crippen LogP contribution in [0.3, 0.4) is 0 Å². The average Bonchev–Trinajstić information content (AvgIpc) is 2.76. The molecule has 1 heterocycles. The Balaban J connectivity index is 1.91. The fourth-order valence-electron chi connectivity index (χ4n) is 3.87. The Bertz CT molecular complexity index is 1140. The van der Waals surface area contributed by atoms with Crippen LogP contribution >= 0.6 is 0 Å². The van der Waals surface area contributed by atoms with Crippen LogP contribution in [-0.2, 0) is 13.0 Å². The van der Waals surface area contributed by atoms with Gasteiger partial charge in [0.2, 0.25) is 5.71 Å². The molecular formula is C24H21F3NO2+. The molecule has 0 atom stereocenters. The minimum Gasteiger partial charge on any atom is -0.493 e. The summed E-state index contributed by atoms with van der Waals surface area (Å²) in [4.78, 5) is 0. The first-order chi connectivity index (χ1) is 14.5. The van der Waals surface area contributed by atoms with E-state index in [1.165, 1.54) is 12.1 Å². The van der Waals surface area contributed by atoms with E-state index >= 15 is 0 Å². The second-order valence-corrected chi connectivity index (χ2v) is 7.11. The first kappa shape index (κ1) is 20.0. The lowest BCUT2D eigenvalue weighted by atomic mass is 9.91. The van der Waals surface area contributed by atoms with Crippen molar-refractivity contribution in [2.45, 2.75) is 13.0 Å². The lowest BCUT2D eigenvalue weighted by Gasteiger charge is -2.21. The molecule has 3 nitrogen and oxygen atoms in total. The van der Waals surface area contributed by atoms with Crippen molar-refractivity contribution >= 4 is 5.71 Å². The lowest BCUT2D eigenvalue weighted by Crippen LogP contribution is -2.31. The van der Waals surface area contributed by atoms with Gasteiger partial charge in [-0.05, 0) is 48.0 Å². The molecule has 0 saturated carbocycles. The molecular weight excluding hydrogens is 391 g/mol. The van der Waals surface area contributed by atoms with Crippen molar-refractivity contribution in [2.24, 2.45) is 0 Å². The first-order valence-electron chi connectivity index (χ1n) is 9.57. The van der Waals surface area contributed by atoms with Crippen LogP contribution in [0.5, 0.6) is 11.5 Å². The van der Waals surface area contributed by atoms with Crippen LogP contribution in [0.15, 0.2) is 54.6 Å². The molecule has 1 aliphatic rings. The smallest absolute Gasteiger partial charge is 0.218 e. The summed E-state index contributed by atoms with van der Waals surface area (Å²) in [5, 5.41) is 0. The SMILES string of the molecule is COc1cc2c(cc1OC)C(c1ccccc1F)=[N+](Cc1ccc(F)c(F)c1)CC2. The van der Waals surface area contributed by atoms with Crippen molar-refractivity contribution in [3.05, 3.63) is 94.3 Å². The van der Waals surface area contributed by atoms with E-state index in [0.717, 1.165) is 17.2 Å². The highest BCUT2D eigenvalue weighted by atomic mass is 19.2. The molecule has 0 unspecified atom stereocenters. The largest absolute Gasteiger partial charge is 0.493 e. The number of nitrogens with zero attached hydrogens (tertiary/aromatic N) is 1. The Labute approximate surface area is 173 Å². The van der Waals surface area contributed by atoms with Crippen LogP contribution in [0.2, 0.25) is 0 Å². The van der Waals surface area contributed by atoms with Gasteiger partial charge in [-0.1, -0.05) is 12.1 Å². The third-order valence-electron chi connectivity index (χ3n) is 5.32. The number of halogens is 3. The summed E-state index contributed by atoms with van der Waals surface area (Å²) in [6.45, 7) is 0.903. The molecule has 0 spiro atoms. The summed E-state index contributed by atoms with van der Waals surface area (Å²) in [5.74, 6) is -0.995. The van der Waals surface area contributed by atoms with Gasteiger partial charge < -0.3 is 9.47 Å². The van der Waals surface area contributed by atoms with E-state index < -0.39 is 11.6 Å². The minimum atomic E-state index is -0.899. The maximum atomic E-state index is 14.8. The molecule has 0 saturated heterocycles. The minimum absolute atomic E-state index is 0.314. The Morgan fingerprint density at radius 1 is 0.800 bits per heavy atom. The predicted molar refractivity (Wildman–Crippen MR) is 108 cm³/mol. The maximum absolute atomic E-state index is 14.8. The number of methoxy groups -OCH3 is 2. The molecule has 6 heteroatoms.